The molecule has 0 nitrogen and oxygen atoms in total. The second-order valence-corrected chi connectivity index (χ2v) is 2.17. The zero-order valence-electron chi connectivity index (χ0n) is 6.65. The van der Waals surface area contributed by atoms with Crippen molar-refractivity contribution in [2.24, 2.45) is 0 Å². The zero-order chi connectivity index (χ0) is 7.11. The van der Waals surface area contributed by atoms with Crippen LogP contribution in [0.25, 0.3) is 0 Å². The Kier molecular flexibility index (Phi) is 5.29. The average Bonchev–Trinajstić information content (AvgIpc) is 1.85. The van der Waals surface area contributed by atoms with Crippen molar-refractivity contribution in [1.29, 1.82) is 0 Å². The lowest BCUT2D eigenvalue weighted by molar-refractivity contribution is 1.18. The van der Waals surface area contributed by atoms with Gasteiger partial charge in [0.15, 0.2) is 0 Å². The molecule has 0 radical (unpaired) electrons. The minimum Gasteiger partial charge on any atom is -0.0846 e. The summed E-state index contributed by atoms with van der Waals surface area (Å²) in [7, 11) is 0. The Morgan fingerprint density at radius 2 is 1.89 bits per heavy atom. The molecular weight excluding hydrogens is 108 g/mol. The second-order valence-electron chi connectivity index (χ2n) is 2.17. The van der Waals surface area contributed by atoms with E-state index in [9.17, 15) is 0 Å². The van der Waals surface area contributed by atoms with E-state index in [0.717, 1.165) is 12.8 Å². The minimum absolute atomic E-state index is 1.13. The summed E-state index contributed by atoms with van der Waals surface area (Å²) in [5, 5.41) is 0. The third kappa shape index (κ3) is 5.35. The van der Waals surface area contributed by atoms with Gasteiger partial charge < -0.3 is 0 Å². The van der Waals surface area contributed by atoms with Crippen molar-refractivity contribution in [3.63, 3.8) is 0 Å². The van der Waals surface area contributed by atoms with Gasteiger partial charge in [0.05, 0.1) is 0 Å². The molecule has 0 aromatic rings. The van der Waals surface area contributed by atoms with E-state index < -0.39 is 0 Å². The van der Waals surface area contributed by atoms with Crippen LogP contribution in [-0.4, -0.2) is 0 Å². The highest BCUT2D eigenvalue weighted by Gasteiger charge is 1.75. The topological polar surface area (TPSA) is 0 Å². The highest BCUT2D eigenvalue weighted by molar-refractivity contribution is 5.14. The summed E-state index contributed by atoms with van der Waals surface area (Å²) in [6, 6.07) is 0. The maximum atomic E-state index is 2.23. The van der Waals surface area contributed by atoms with Gasteiger partial charge in [-0.3, -0.25) is 0 Å². The van der Waals surface area contributed by atoms with Crippen LogP contribution in [0.1, 0.15) is 33.6 Å². The Hall–Kier alpha value is -0.520. The quantitative estimate of drug-likeness (QED) is 0.506. The molecule has 0 bridgehead atoms. The zero-order valence-corrected chi connectivity index (χ0v) is 6.65. The van der Waals surface area contributed by atoms with Crippen molar-refractivity contribution in [3.05, 3.63) is 23.8 Å². The Morgan fingerprint density at radius 3 is 2.33 bits per heavy atom. The van der Waals surface area contributed by atoms with Crippen LogP contribution in [-0.2, 0) is 0 Å². The van der Waals surface area contributed by atoms with Crippen LogP contribution in [0.15, 0.2) is 23.8 Å². The van der Waals surface area contributed by atoms with Gasteiger partial charge in [-0.15, -0.1) is 0 Å². The van der Waals surface area contributed by atoms with Crippen LogP contribution in [0.4, 0.5) is 0 Å². The van der Waals surface area contributed by atoms with Gasteiger partial charge in [-0.1, -0.05) is 37.6 Å². The van der Waals surface area contributed by atoms with Gasteiger partial charge in [-0.05, 0) is 19.8 Å². The highest BCUT2D eigenvalue weighted by atomic mass is 13.8. The predicted molar refractivity (Wildman–Crippen MR) is 43.5 cm³/mol. The van der Waals surface area contributed by atoms with Gasteiger partial charge in [0.2, 0.25) is 0 Å². The number of allylic oxidation sites excluding steroid dienone is 4. The van der Waals surface area contributed by atoms with Crippen molar-refractivity contribution < 1.29 is 0 Å². The summed E-state index contributed by atoms with van der Waals surface area (Å²) in [5.41, 5.74) is 1.37. The van der Waals surface area contributed by atoms with E-state index in [2.05, 4.69) is 39.0 Å². The molecule has 0 heteroatoms. The van der Waals surface area contributed by atoms with Crippen molar-refractivity contribution in [3.8, 4) is 0 Å². The minimum atomic E-state index is 1.13. The van der Waals surface area contributed by atoms with E-state index in [-0.39, 0.29) is 0 Å². The first-order valence-corrected chi connectivity index (χ1v) is 3.64. The Balaban J connectivity index is 3.60. The summed E-state index contributed by atoms with van der Waals surface area (Å²) >= 11 is 0. The fourth-order valence-corrected chi connectivity index (χ4v) is 0.694. The molecule has 0 aromatic carbocycles. The van der Waals surface area contributed by atoms with Crippen LogP contribution in [0.2, 0.25) is 0 Å². The van der Waals surface area contributed by atoms with Crippen molar-refractivity contribution in [1.82, 2.24) is 0 Å². The smallest absolute Gasteiger partial charge is 0.0374 e. The van der Waals surface area contributed by atoms with Gasteiger partial charge in [0.1, 0.15) is 0 Å². The standard InChI is InChI=1S/C9H16/c1-4-6-8-9(3)7-5-2/h6-8H,4-5H2,1-3H3/b8-6+,9-7-. The van der Waals surface area contributed by atoms with E-state index in [1.54, 1.807) is 0 Å². The first kappa shape index (κ1) is 8.48. The van der Waals surface area contributed by atoms with Gasteiger partial charge in [-0.25, -0.2) is 0 Å². The molecule has 52 valence electrons. The molecule has 0 aliphatic carbocycles. The normalized spacial score (nSPS) is 13.0. The van der Waals surface area contributed by atoms with Crippen LogP contribution < -0.4 is 0 Å². The van der Waals surface area contributed by atoms with Crippen LogP contribution in [0.3, 0.4) is 0 Å². The molecule has 9 heavy (non-hydrogen) atoms. The molecule has 0 fully saturated rings. The van der Waals surface area contributed by atoms with E-state index in [1.165, 1.54) is 5.57 Å². The van der Waals surface area contributed by atoms with Crippen molar-refractivity contribution in [2.45, 2.75) is 33.6 Å². The Bertz CT molecular complexity index is 107. The molecule has 0 amide bonds. The summed E-state index contributed by atoms with van der Waals surface area (Å²) in [6.45, 7) is 6.44. The summed E-state index contributed by atoms with van der Waals surface area (Å²) in [4.78, 5) is 0. The molecule has 0 N–H and O–H groups in total. The maximum Gasteiger partial charge on any atom is -0.0374 e. The maximum absolute atomic E-state index is 2.23. The SMILES string of the molecule is CC/C=C(C)\C=C\CC. The Labute approximate surface area is 58.3 Å². The first-order chi connectivity index (χ1) is 4.31. The lowest BCUT2D eigenvalue weighted by Gasteiger charge is -1.87. The lowest BCUT2D eigenvalue weighted by Crippen LogP contribution is -1.66. The molecule has 0 saturated carbocycles. The monoisotopic (exact) mass is 124 g/mol. The molecule has 0 aliphatic heterocycles. The fraction of sp³-hybridized carbons (Fsp3) is 0.556. The van der Waals surface area contributed by atoms with Crippen LogP contribution in [0.5, 0.6) is 0 Å². The largest absolute Gasteiger partial charge is 0.0846 e. The fourth-order valence-electron chi connectivity index (χ4n) is 0.694. The molecule has 0 aliphatic rings. The average molecular weight is 124 g/mol. The predicted octanol–water partition coefficient (Wildman–Crippen LogP) is 3.31. The molecular formula is C9H16. The van der Waals surface area contributed by atoms with Crippen molar-refractivity contribution >= 4 is 0 Å². The van der Waals surface area contributed by atoms with Gasteiger partial charge in [0, 0.05) is 0 Å². The molecule has 0 atom stereocenters. The third-order valence-corrected chi connectivity index (χ3v) is 1.14. The van der Waals surface area contributed by atoms with Crippen molar-refractivity contribution in [2.75, 3.05) is 0 Å². The van der Waals surface area contributed by atoms with Crippen LogP contribution in [0, 0.1) is 0 Å². The number of rotatable bonds is 3. The van der Waals surface area contributed by atoms with E-state index in [1.807, 2.05) is 0 Å². The molecule has 0 saturated heterocycles. The summed E-state index contributed by atoms with van der Waals surface area (Å²) in [6.07, 6.45) is 8.85. The first-order valence-electron chi connectivity index (χ1n) is 3.64. The molecule has 0 unspecified atom stereocenters. The van der Waals surface area contributed by atoms with E-state index in [0.29, 0.717) is 0 Å². The van der Waals surface area contributed by atoms with E-state index >= 15 is 0 Å². The van der Waals surface area contributed by atoms with Crippen LogP contribution >= 0.6 is 0 Å². The molecule has 0 rings (SSSR count). The molecule has 0 aromatic heterocycles. The summed E-state index contributed by atoms with van der Waals surface area (Å²) < 4.78 is 0. The number of hydrogen-bond acceptors (Lipinski definition) is 0. The molecule has 0 heterocycles. The van der Waals surface area contributed by atoms with Gasteiger partial charge in [-0.2, -0.15) is 0 Å². The molecule has 0 spiro atoms. The van der Waals surface area contributed by atoms with Gasteiger partial charge in [0.25, 0.3) is 0 Å². The second kappa shape index (κ2) is 5.61. The lowest BCUT2D eigenvalue weighted by atomic mass is 10.2. The third-order valence-electron chi connectivity index (χ3n) is 1.14. The van der Waals surface area contributed by atoms with Gasteiger partial charge >= 0.3 is 0 Å². The highest BCUT2D eigenvalue weighted by Crippen LogP contribution is 1.97. The Morgan fingerprint density at radius 1 is 1.22 bits per heavy atom. The van der Waals surface area contributed by atoms with E-state index in [4.69, 9.17) is 0 Å². The number of hydrogen-bond donors (Lipinski definition) is 0. The summed E-state index contributed by atoms with van der Waals surface area (Å²) in [5.74, 6) is 0.